The van der Waals surface area contributed by atoms with Crippen molar-refractivity contribution in [2.45, 2.75) is 19.4 Å². The molecule has 2 atom stereocenters. The maximum Gasteiger partial charge on any atom is 0.313 e. The van der Waals surface area contributed by atoms with Gasteiger partial charge in [0.25, 0.3) is 0 Å². The molecule has 2 saturated heterocycles. The lowest BCUT2D eigenvalue weighted by Crippen LogP contribution is -2.50. The second-order valence-electron chi connectivity index (χ2n) is 4.53. The maximum atomic E-state index is 11.7. The number of carboxylic acid groups (broad SMARTS) is 1. The van der Waals surface area contributed by atoms with Gasteiger partial charge in [-0.1, -0.05) is 0 Å². The predicted molar refractivity (Wildman–Crippen MR) is 55.5 cm³/mol. The van der Waals surface area contributed by atoms with Crippen molar-refractivity contribution in [3.63, 3.8) is 0 Å². The quantitative estimate of drug-likeness (QED) is 0.714. The van der Waals surface area contributed by atoms with Gasteiger partial charge in [0.05, 0.1) is 25.0 Å². The Morgan fingerprint density at radius 3 is 2.75 bits per heavy atom. The third kappa shape index (κ3) is 1.63. The molecule has 0 saturated carbocycles. The van der Waals surface area contributed by atoms with Crippen LogP contribution in [0.25, 0.3) is 0 Å². The summed E-state index contributed by atoms with van der Waals surface area (Å²) < 4.78 is 29.9. The summed E-state index contributed by atoms with van der Waals surface area (Å²) in [7, 11) is -3.29. The third-order valence-electron chi connectivity index (χ3n) is 3.39. The first-order chi connectivity index (χ1) is 7.38. The summed E-state index contributed by atoms with van der Waals surface area (Å²) in [5, 5.41) is 9.17. The molecule has 7 heteroatoms. The molecule has 2 rings (SSSR count). The van der Waals surface area contributed by atoms with Crippen LogP contribution in [0.5, 0.6) is 0 Å². The molecule has 0 aromatic heterocycles. The average molecular weight is 249 g/mol. The Bertz CT molecular complexity index is 406. The monoisotopic (exact) mass is 249 g/mol. The Hall–Kier alpha value is -0.660. The van der Waals surface area contributed by atoms with Crippen LogP contribution in [-0.4, -0.2) is 55.4 Å². The summed E-state index contributed by atoms with van der Waals surface area (Å²) in [6.07, 6.45) is 0.564. The highest BCUT2D eigenvalue weighted by Crippen LogP contribution is 2.35. The lowest BCUT2D eigenvalue weighted by Gasteiger charge is -2.31. The minimum absolute atomic E-state index is 0.0685. The molecular formula is C9H15NO5S. The summed E-state index contributed by atoms with van der Waals surface area (Å²) in [5.41, 5.74) is -1.13. The molecule has 0 aromatic carbocycles. The van der Waals surface area contributed by atoms with Crippen molar-refractivity contribution in [2.75, 3.05) is 25.5 Å². The van der Waals surface area contributed by atoms with Gasteiger partial charge in [-0.05, 0) is 13.3 Å². The summed E-state index contributed by atoms with van der Waals surface area (Å²) in [6, 6.07) is -0.572. The van der Waals surface area contributed by atoms with E-state index >= 15 is 0 Å². The number of nitrogens with zero attached hydrogens (tertiary/aromatic N) is 1. The Labute approximate surface area is 94.2 Å². The summed E-state index contributed by atoms with van der Waals surface area (Å²) in [6.45, 7) is 2.18. The van der Waals surface area contributed by atoms with Crippen LogP contribution in [0, 0.1) is 5.41 Å². The number of hydrogen-bond donors (Lipinski definition) is 1. The lowest BCUT2D eigenvalue weighted by molar-refractivity contribution is -0.149. The van der Waals surface area contributed by atoms with E-state index in [0.29, 0.717) is 13.0 Å². The smallest absolute Gasteiger partial charge is 0.313 e. The zero-order valence-corrected chi connectivity index (χ0v) is 9.87. The fraction of sp³-hybridized carbons (Fsp3) is 0.889. The first-order valence-corrected chi connectivity index (χ1v) is 6.79. The average Bonchev–Trinajstić information content (AvgIpc) is 2.69. The van der Waals surface area contributed by atoms with Crippen molar-refractivity contribution in [1.29, 1.82) is 0 Å². The molecule has 1 N–H and O–H groups in total. The number of carboxylic acids is 1. The van der Waals surface area contributed by atoms with E-state index in [-0.39, 0.29) is 19.0 Å². The molecule has 92 valence electrons. The van der Waals surface area contributed by atoms with Crippen LogP contribution in [0.3, 0.4) is 0 Å². The highest BCUT2D eigenvalue weighted by Gasteiger charge is 2.53. The van der Waals surface area contributed by atoms with Crippen LogP contribution in [-0.2, 0) is 19.6 Å². The number of aliphatic carboxylic acids is 1. The normalized spacial score (nSPS) is 38.9. The van der Waals surface area contributed by atoms with E-state index < -0.39 is 27.4 Å². The highest BCUT2D eigenvalue weighted by atomic mass is 32.2. The van der Waals surface area contributed by atoms with E-state index in [1.165, 1.54) is 4.31 Å². The molecule has 2 fully saturated rings. The molecule has 0 bridgehead atoms. The van der Waals surface area contributed by atoms with Crippen molar-refractivity contribution >= 4 is 16.0 Å². The zero-order valence-electron chi connectivity index (χ0n) is 9.05. The predicted octanol–water partition coefficient (Wildman–Crippen LogP) is -0.488. The van der Waals surface area contributed by atoms with Gasteiger partial charge in [-0.2, -0.15) is 4.31 Å². The number of carbonyl (C=O) groups is 1. The molecule has 2 unspecified atom stereocenters. The summed E-state index contributed by atoms with van der Waals surface area (Å²) >= 11 is 0. The largest absolute Gasteiger partial charge is 0.481 e. The topological polar surface area (TPSA) is 83.9 Å². The molecule has 6 nitrogen and oxygen atoms in total. The van der Waals surface area contributed by atoms with Crippen LogP contribution in [0.4, 0.5) is 0 Å². The Morgan fingerprint density at radius 2 is 2.25 bits per heavy atom. The molecule has 16 heavy (non-hydrogen) atoms. The van der Waals surface area contributed by atoms with Crippen molar-refractivity contribution in [3.8, 4) is 0 Å². The molecule has 0 radical (unpaired) electrons. The van der Waals surface area contributed by atoms with Gasteiger partial charge in [-0.3, -0.25) is 4.79 Å². The zero-order chi connectivity index (χ0) is 12.0. The van der Waals surface area contributed by atoms with Crippen molar-refractivity contribution in [2.24, 2.45) is 5.41 Å². The standard InChI is InChI=1S/C9H15NO5S/c1-9(8(11)12)6-15-5-7(9)10-3-2-4-16(10,13)14/h7H,2-6H2,1H3,(H,11,12). The fourth-order valence-electron chi connectivity index (χ4n) is 2.28. The number of ether oxygens (including phenoxy) is 1. The van der Waals surface area contributed by atoms with E-state index in [1.54, 1.807) is 6.92 Å². The van der Waals surface area contributed by atoms with Crippen LogP contribution in [0.2, 0.25) is 0 Å². The van der Waals surface area contributed by atoms with Crippen LogP contribution in [0.15, 0.2) is 0 Å². The number of hydrogen-bond acceptors (Lipinski definition) is 4. The molecule has 2 aliphatic heterocycles. The number of sulfonamides is 1. The number of rotatable bonds is 2. The van der Waals surface area contributed by atoms with Crippen LogP contribution >= 0.6 is 0 Å². The third-order valence-corrected chi connectivity index (χ3v) is 5.34. The molecule has 0 spiro atoms. The second kappa shape index (κ2) is 3.68. The van der Waals surface area contributed by atoms with E-state index in [1.807, 2.05) is 0 Å². The van der Waals surface area contributed by atoms with E-state index in [0.717, 1.165) is 0 Å². The van der Waals surface area contributed by atoms with Gasteiger partial charge >= 0.3 is 5.97 Å². The fourth-order valence-corrected chi connectivity index (χ4v) is 4.09. The Balaban J connectivity index is 2.31. The summed E-state index contributed by atoms with van der Waals surface area (Å²) in [4.78, 5) is 11.2. The van der Waals surface area contributed by atoms with Crippen LogP contribution in [0.1, 0.15) is 13.3 Å². The molecule has 0 aliphatic carbocycles. The van der Waals surface area contributed by atoms with Gasteiger partial charge in [0.2, 0.25) is 10.0 Å². The van der Waals surface area contributed by atoms with Gasteiger partial charge in [0, 0.05) is 6.54 Å². The SMILES string of the molecule is CC1(C(=O)O)COCC1N1CCCS1(=O)=O. The Kier molecular flexibility index (Phi) is 2.72. The maximum absolute atomic E-state index is 11.7. The minimum Gasteiger partial charge on any atom is -0.481 e. The first-order valence-electron chi connectivity index (χ1n) is 5.18. The highest BCUT2D eigenvalue weighted by molar-refractivity contribution is 7.89. The molecule has 2 heterocycles. The van der Waals surface area contributed by atoms with Crippen molar-refractivity contribution in [1.82, 2.24) is 4.31 Å². The van der Waals surface area contributed by atoms with Gasteiger partial charge < -0.3 is 9.84 Å². The Morgan fingerprint density at radius 1 is 1.56 bits per heavy atom. The van der Waals surface area contributed by atoms with E-state index in [2.05, 4.69) is 0 Å². The first kappa shape index (κ1) is 11.8. The molecule has 2 aliphatic rings. The molecule has 0 aromatic rings. The van der Waals surface area contributed by atoms with Gasteiger partial charge in [0.1, 0.15) is 5.41 Å². The lowest BCUT2D eigenvalue weighted by atomic mass is 9.85. The minimum atomic E-state index is -3.29. The van der Waals surface area contributed by atoms with Crippen LogP contribution < -0.4 is 0 Å². The second-order valence-corrected chi connectivity index (χ2v) is 6.57. The van der Waals surface area contributed by atoms with E-state index in [9.17, 15) is 18.3 Å². The van der Waals surface area contributed by atoms with Gasteiger partial charge in [-0.15, -0.1) is 0 Å². The molecular weight excluding hydrogens is 234 g/mol. The summed E-state index contributed by atoms with van der Waals surface area (Å²) in [5.74, 6) is -0.892. The van der Waals surface area contributed by atoms with Gasteiger partial charge in [0.15, 0.2) is 0 Å². The molecule has 0 amide bonds. The van der Waals surface area contributed by atoms with Crippen molar-refractivity contribution < 1.29 is 23.1 Å². The van der Waals surface area contributed by atoms with E-state index in [4.69, 9.17) is 4.74 Å². The van der Waals surface area contributed by atoms with Crippen molar-refractivity contribution in [3.05, 3.63) is 0 Å². The van der Waals surface area contributed by atoms with Gasteiger partial charge in [-0.25, -0.2) is 8.42 Å².